The van der Waals surface area contributed by atoms with Crippen molar-refractivity contribution in [2.24, 2.45) is 0 Å². The Labute approximate surface area is 125 Å². The van der Waals surface area contributed by atoms with Gasteiger partial charge in [0.25, 0.3) is 5.56 Å². The second-order valence-electron chi connectivity index (χ2n) is 5.72. The second kappa shape index (κ2) is 6.76. The number of rotatable bonds is 4. The molecule has 1 aliphatic rings. The first-order valence-electron chi connectivity index (χ1n) is 7.44. The van der Waals surface area contributed by atoms with Crippen molar-refractivity contribution in [3.63, 3.8) is 0 Å². The van der Waals surface area contributed by atoms with Crippen LogP contribution in [0.1, 0.15) is 19.8 Å². The largest absolute Gasteiger partial charge is 0.322 e. The standard InChI is InChI=1S/C15H24N4O2/c1-4-18-10-12(7-8-14(18)20)16-15(21)19-9-5-6-13(19)11-17(2)3/h7-8,10,13H,4-6,9,11H2,1-3H3,(H,16,21). The minimum atomic E-state index is -0.0827. The fraction of sp³-hybridized carbons (Fsp3) is 0.600. The van der Waals surface area contributed by atoms with Gasteiger partial charge in [0.15, 0.2) is 0 Å². The molecule has 21 heavy (non-hydrogen) atoms. The van der Waals surface area contributed by atoms with Gasteiger partial charge in [0, 0.05) is 37.9 Å². The van der Waals surface area contributed by atoms with Gasteiger partial charge in [-0.1, -0.05) is 0 Å². The predicted molar refractivity (Wildman–Crippen MR) is 83.7 cm³/mol. The quantitative estimate of drug-likeness (QED) is 0.913. The summed E-state index contributed by atoms with van der Waals surface area (Å²) in [6.45, 7) is 4.16. The highest BCUT2D eigenvalue weighted by molar-refractivity contribution is 5.89. The van der Waals surface area contributed by atoms with E-state index in [1.54, 1.807) is 16.8 Å². The number of aromatic nitrogens is 1. The van der Waals surface area contributed by atoms with Gasteiger partial charge in [-0.2, -0.15) is 0 Å². The van der Waals surface area contributed by atoms with Gasteiger partial charge < -0.3 is 19.7 Å². The SMILES string of the molecule is CCn1cc(NC(=O)N2CCCC2CN(C)C)ccc1=O. The van der Waals surface area contributed by atoms with Gasteiger partial charge in [-0.05, 0) is 39.9 Å². The summed E-state index contributed by atoms with van der Waals surface area (Å²) < 4.78 is 1.58. The summed E-state index contributed by atoms with van der Waals surface area (Å²) in [7, 11) is 4.04. The molecule has 1 atom stereocenters. The first-order chi connectivity index (χ1) is 10.0. The van der Waals surface area contributed by atoms with Crippen LogP contribution >= 0.6 is 0 Å². The van der Waals surface area contributed by atoms with Crippen molar-refractivity contribution in [1.82, 2.24) is 14.4 Å². The predicted octanol–water partition coefficient (Wildman–Crippen LogP) is 1.43. The van der Waals surface area contributed by atoms with Crippen molar-refractivity contribution < 1.29 is 4.79 Å². The number of pyridine rings is 1. The number of aryl methyl sites for hydroxylation is 1. The van der Waals surface area contributed by atoms with Crippen molar-refractivity contribution in [3.8, 4) is 0 Å². The molecule has 2 rings (SSSR count). The fourth-order valence-corrected chi connectivity index (χ4v) is 2.76. The van der Waals surface area contributed by atoms with Crippen LogP contribution in [0.3, 0.4) is 0 Å². The highest BCUT2D eigenvalue weighted by Crippen LogP contribution is 2.19. The summed E-state index contributed by atoms with van der Waals surface area (Å²) >= 11 is 0. The molecule has 1 aromatic rings. The molecule has 6 heteroatoms. The number of carbonyl (C=O) groups excluding carboxylic acids is 1. The Balaban J connectivity index is 2.05. The molecule has 1 saturated heterocycles. The number of nitrogens with one attached hydrogen (secondary N) is 1. The van der Waals surface area contributed by atoms with Gasteiger partial charge in [-0.15, -0.1) is 0 Å². The molecule has 0 saturated carbocycles. The van der Waals surface area contributed by atoms with Gasteiger partial charge >= 0.3 is 6.03 Å². The van der Waals surface area contributed by atoms with Crippen LogP contribution in [0.4, 0.5) is 10.5 Å². The van der Waals surface area contributed by atoms with E-state index in [1.807, 2.05) is 25.9 Å². The van der Waals surface area contributed by atoms with Gasteiger partial charge in [-0.25, -0.2) is 4.79 Å². The number of likely N-dealkylation sites (tertiary alicyclic amines) is 1. The zero-order valence-corrected chi connectivity index (χ0v) is 13.0. The van der Waals surface area contributed by atoms with Crippen LogP contribution in [0.2, 0.25) is 0 Å². The van der Waals surface area contributed by atoms with E-state index >= 15 is 0 Å². The molecule has 1 N–H and O–H groups in total. The highest BCUT2D eigenvalue weighted by atomic mass is 16.2. The summed E-state index contributed by atoms with van der Waals surface area (Å²) in [5, 5.41) is 2.90. The van der Waals surface area contributed by atoms with Gasteiger partial charge in [0.05, 0.1) is 5.69 Å². The number of anilines is 1. The number of nitrogens with zero attached hydrogens (tertiary/aromatic N) is 3. The lowest BCUT2D eigenvalue weighted by molar-refractivity contribution is 0.193. The number of hydrogen-bond donors (Lipinski definition) is 1. The maximum Gasteiger partial charge on any atom is 0.322 e. The number of amides is 2. The summed E-state index contributed by atoms with van der Waals surface area (Å²) in [5.74, 6) is 0. The van der Waals surface area contributed by atoms with Crippen molar-refractivity contribution >= 4 is 11.7 Å². The van der Waals surface area contributed by atoms with Crippen molar-refractivity contribution in [1.29, 1.82) is 0 Å². The lowest BCUT2D eigenvalue weighted by atomic mass is 10.2. The van der Waals surface area contributed by atoms with Crippen LogP contribution in [-0.2, 0) is 6.54 Å². The number of hydrogen-bond acceptors (Lipinski definition) is 3. The molecule has 1 aliphatic heterocycles. The smallest absolute Gasteiger partial charge is 0.320 e. The molecule has 0 bridgehead atoms. The normalized spacial score (nSPS) is 18.3. The minimum Gasteiger partial charge on any atom is -0.320 e. The molecular weight excluding hydrogens is 268 g/mol. The Hall–Kier alpha value is -1.82. The third-order valence-corrected chi connectivity index (χ3v) is 3.79. The Morgan fingerprint density at radius 3 is 2.86 bits per heavy atom. The van der Waals surface area contributed by atoms with Crippen molar-refractivity contribution in [3.05, 3.63) is 28.7 Å². The summed E-state index contributed by atoms with van der Waals surface area (Å²) in [6.07, 6.45) is 3.78. The average Bonchev–Trinajstić information content (AvgIpc) is 2.88. The summed E-state index contributed by atoms with van der Waals surface area (Å²) in [4.78, 5) is 27.9. The van der Waals surface area contributed by atoms with Crippen LogP contribution in [0.15, 0.2) is 23.1 Å². The molecule has 1 fully saturated rings. The fourth-order valence-electron chi connectivity index (χ4n) is 2.76. The third kappa shape index (κ3) is 3.85. The number of carbonyl (C=O) groups is 1. The first kappa shape index (κ1) is 15.6. The van der Waals surface area contributed by atoms with Crippen LogP contribution in [-0.4, -0.2) is 53.6 Å². The van der Waals surface area contributed by atoms with Gasteiger partial charge in [-0.3, -0.25) is 4.79 Å². The summed E-state index contributed by atoms with van der Waals surface area (Å²) in [6, 6.07) is 3.32. The Bertz CT molecular complexity index is 553. The molecule has 0 spiro atoms. The Morgan fingerprint density at radius 2 is 2.19 bits per heavy atom. The molecule has 116 valence electrons. The zero-order valence-electron chi connectivity index (χ0n) is 13.0. The number of likely N-dealkylation sites (N-methyl/N-ethyl adjacent to an activating group) is 1. The molecule has 2 amide bonds. The van der Waals surface area contributed by atoms with E-state index in [0.717, 1.165) is 25.9 Å². The summed E-state index contributed by atoms with van der Waals surface area (Å²) in [5.41, 5.74) is 0.610. The number of urea groups is 1. The molecule has 0 aliphatic carbocycles. The molecular formula is C15H24N4O2. The highest BCUT2D eigenvalue weighted by Gasteiger charge is 2.29. The van der Waals surface area contributed by atoms with Crippen molar-refractivity contribution in [2.45, 2.75) is 32.4 Å². The maximum atomic E-state index is 12.4. The van der Waals surface area contributed by atoms with E-state index in [2.05, 4.69) is 10.2 Å². The van der Waals surface area contributed by atoms with E-state index < -0.39 is 0 Å². The van der Waals surface area contributed by atoms with Crippen LogP contribution in [0.25, 0.3) is 0 Å². The van der Waals surface area contributed by atoms with E-state index in [1.165, 1.54) is 6.07 Å². The molecule has 1 aromatic heterocycles. The monoisotopic (exact) mass is 292 g/mol. The molecule has 0 aromatic carbocycles. The molecule has 2 heterocycles. The van der Waals surface area contributed by atoms with E-state index in [0.29, 0.717) is 12.2 Å². The maximum absolute atomic E-state index is 12.4. The third-order valence-electron chi connectivity index (χ3n) is 3.79. The van der Waals surface area contributed by atoms with Crippen LogP contribution in [0, 0.1) is 0 Å². The molecule has 0 radical (unpaired) electrons. The van der Waals surface area contributed by atoms with Crippen LogP contribution < -0.4 is 10.9 Å². The van der Waals surface area contributed by atoms with E-state index in [4.69, 9.17) is 0 Å². The lowest BCUT2D eigenvalue weighted by Gasteiger charge is -2.27. The topological polar surface area (TPSA) is 57.6 Å². The lowest BCUT2D eigenvalue weighted by Crippen LogP contribution is -2.43. The molecule has 1 unspecified atom stereocenters. The molecule has 6 nitrogen and oxygen atoms in total. The van der Waals surface area contributed by atoms with Gasteiger partial charge in [0.2, 0.25) is 0 Å². The zero-order chi connectivity index (χ0) is 15.4. The van der Waals surface area contributed by atoms with Gasteiger partial charge in [0.1, 0.15) is 0 Å². The van der Waals surface area contributed by atoms with E-state index in [-0.39, 0.29) is 17.6 Å². The van der Waals surface area contributed by atoms with Crippen molar-refractivity contribution in [2.75, 3.05) is 32.5 Å². The second-order valence-corrected chi connectivity index (χ2v) is 5.72. The Morgan fingerprint density at radius 1 is 1.43 bits per heavy atom. The van der Waals surface area contributed by atoms with Crippen LogP contribution in [0.5, 0.6) is 0 Å². The Kier molecular flexibility index (Phi) is 5.01. The average molecular weight is 292 g/mol. The minimum absolute atomic E-state index is 0.0536. The van der Waals surface area contributed by atoms with E-state index in [9.17, 15) is 9.59 Å². The first-order valence-corrected chi connectivity index (χ1v) is 7.44.